The maximum atomic E-state index is 8.32. The topological polar surface area (TPSA) is 114 Å². The van der Waals surface area contributed by atoms with E-state index in [1.807, 2.05) is 54.0 Å². The minimum atomic E-state index is 0.217. The SMILES string of the molecule is CN/C=C(\C=N)CNC(=N)/C=C(\Nc1cccc(C)n1)c1ccc2nccn2c1. The Hall–Kier alpha value is -3.94. The van der Waals surface area contributed by atoms with Crippen LogP contribution in [0.4, 0.5) is 5.82 Å². The van der Waals surface area contributed by atoms with Crippen molar-refractivity contribution in [2.75, 3.05) is 18.9 Å². The van der Waals surface area contributed by atoms with Gasteiger partial charge in [-0.05, 0) is 31.2 Å². The summed E-state index contributed by atoms with van der Waals surface area (Å²) in [7, 11) is 1.78. The number of aryl methyl sites for hydroxylation is 1. The van der Waals surface area contributed by atoms with E-state index in [4.69, 9.17) is 10.8 Å². The van der Waals surface area contributed by atoms with E-state index in [0.717, 1.165) is 28.2 Å². The van der Waals surface area contributed by atoms with E-state index < -0.39 is 0 Å². The summed E-state index contributed by atoms with van der Waals surface area (Å²) < 4.78 is 1.92. The fourth-order valence-electron chi connectivity index (χ4n) is 2.74. The lowest BCUT2D eigenvalue weighted by atomic mass is 10.2. The summed E-state index contributed by atoms with van der Waals surface area (Å²) in [6, 6.07) is 9.63. The molecule has 148 valence electrons. The van der Waals surface area contributed by atoms with Gasteiger partial charge in [-0.25, -0.2) is 9.97 Å². The zero-order valence-electron chi connectivity index (χ0n) is 16.4. The van der Waals surface area contributed by atoms with Gasteiger partial charge in [-0.1, -0.05) is 6.07 Å². The fourth-order valence-corrected chi connectivity index (χ4v) is 2.74. The molecule has 3 heterocycles. The van der Waals surface area contributed by atoms with Gasteiger partial charge in [0.05, 0.1) is 5.70 Å². The van der Waals surface area contributed by atoms with Gasteiger partial charge in [0.2, 0.25) is 0 Å². The van der Waals surface area contributed by atoms with Crippen LogP contribution < -0.4 is 16.0 Å². The summed E-state index contributed by atoms with van der Waals surface area (Å²) in [4.78, 5) is 8.77. The minimum absolute atomic E-state index is 0.217. The summed E-state index contributed by atoms with van der Waals surface area (Å²) in [5, 5.41) is 25.0. The van der Waals surface area contributed by atoms with E-state index in [2.05, 4.69) is 25.9 Å². The van der Waals surface area contributed by atoms with Gasteiger partial charge in [0.25, 0.3) is 0 Å². The largest absolute Gasteiger partial charge is 0.394 e. The number of anilines is 1. The number of hydrogen-bond donors (Lipinski definition) is 5. The average Bonchev–Trinajstić information content (AvgIpc) is 3.18. The molecule has 0 spiro atoms. The number of imidazole rings is 1. The van der Waals surface area contributed by atoms with Crippen LogP contribution in [0.15, 0.2) is 66.8 Å². The number of aromatic nitrogens is 3. The molecular formula is C21H24N8. The second kappa shape index (κ2) is 9.32. The number of rotatable bonds is 8. The number of pyridine rings is 2. The van der Waals surface area contributed by atoms with E-state index in [-0.39, 0.29) is 5.84 Å². The van der Waals surface area contributed by atoms with Crippen LogP contribution in [0.2, 0.25) is 0 Å². The van der Waals surface area contributed by atoms with E-state index in [9.17, 15) is 0 Å². The molecular weight excluding hydrogens is 364 g/mol. The van der Waals surface area contributed by atoms with Crippen LogP contribution in [0.5, 0.6) is 0 Å². The van der Waals surface area contributed by atoms with Crippen LogP contribution in [0.3, 0.4) is 0 Å². The van der Waals surface area contributed by atoms with Crippen molar-refractivity contribution in [3.05, 3.63) is 78.0 Å². The molecule has 29 heavy (non-hydrogen) atoms. The Morgan fingerprint density at radius 3 is 2.86 bits per heavy atom. The summed E-state index contributed by atoms with van der Waals surface area (Å²) >= 11 is 0. The Morgan fingerprint density at radius 1 is 1.24 bits per heavy atom. The molecule has 0 saturated carbocycles. The number of fused-ring (bicyclic) bond motifs is 1. The van der Waals surface area contributed by atoms with Gasteiger partial charge in [-0.3, -0.25) is 5.41 Å². The van der Waals surface area contributed by atoms with E-state index in [0.29, 0.717) is 12.4 Å². The molecule has 3 rings (SSSR count). The van der Waals surface area contributed by atoms with Gasteiger partial charge in [-0.2, -0.15) is 0 Å². The highest BCUT2D eigenvalue weighted by molar-refractivity contribution is 5.99. The molecule has 0 aliphatic heterocycles. The molecule has 0 fully saturated rings. The first-order valence-corrected chi connectivity index (χ1v) is 9.13. The van der Waals surface area contributed by atoms with Crippen molar-refractivity contribution in [1.82, 2.24) is 25.0 Å². The Balaban J connectivity index is 1.88. The lowest BCUT2D eigenvalue weighted by Crippen LogP contribution is -2.25. The molecule has 0 unspecified atom stereocenters. The first kappa shape index (κ1) is 19.8. The van der Waals surface area contributed by atoms with Crippen LogP contribution in [-0.2, 0) is 0 Å². The summed E-state index contributed by atoms with van der Waals surface area (Å²) in [6.07, 6.45) is 10.3. The molecule has 0 radical (unpaired) electrons. The van der Waals surface area contributed by atoms with Crippen molar-refractivity contribution >= 4 is 29.2 Å². The number of hydrogen-bond acceptors (Lipinski definition) is 6. The molecule has 3 aromatic heterocycles. The maximum absolute atomic E-state index is 8.32. The highest BCUT2D eigenvalue weighted by Gasteiger charge is 2.07. The third kappa shape index (κ3) is 5.29. The highest BCUT2D eigenvalue weighted by Crippen LogP contribution is 2.18. The van der Waals surface area contributed by atoms with Crippen molar-refractivity contribution in [2.45, 2.75) is 6.92 Å². The quantitative estimate of drug-likeness (QED) is 0.301. The second-order valence-corrected chi connectivity index (χ2v) is 6.38. The molecule has 0 aliphatic carbocycles. The second-order valence-electron chi connectivity index (χ2n) is 6.38. The smallest absolute Gasteiger partial charge is 0.136 e. The Bertz CT molecular complexity index is 1080. The molecule has 8 nitrogen and oxygen atoms in total. The van der Waals surface area contributed by atoms with Gasteiger partial charge in [-0.15, -0.1) is 0 Å². The number of amidine groups is 1. The number of nitrogens with one attached hydrogen (secondary N) is 5. The van der Waals surface area contributed by atoms with Crippen LogP contribution in [0.1, 0.15) is 11.3 Å². The lowest BCUT2D eigenvalue weighted by Gasteiger charge is -2.13. The van der Waals surface area contributed by atoms with Crippen LogP contribution in [-0.4, -0.2) is 40.0 Å². The van der Waals surface area contributed by atoms with Gasteiger partial charge in [0, 0.05) is 67.5 Å². The van der Waals surface area contributed by atoms with Gasteiger partial charge in [0.1, 0.15) is 17.3 Å². The standard InChI is InChI=1S/C21H24N8/c1-15-4-3-5-20(27-15)28-18(10-19(23)26-13-16(11-22)12-24-2)17-6-7-21-25-8-9-29(21)14-17/h3-12,14,22,24H,13H2,1-2H3,(H2,23,26)(H,27,28)/b16-12+,18-10-,22-11?. The summed E-state index contributed by atoms with van der Waals surface area (Å²) in [5.41, 5.74) is 4.11. The van der Waals surface area contributed by atoms with Crippen molar-refractivity contribution < 1.29 is 0 Å². The zero-order chi connectivity index (χ0) is 20.6. The highest BCUT2D eigenvalue weighted by atomic mass is 15.0. The Morgan fingerprint density at radius 2 is 2.10 bits per heavy atom. The predicted molar refractivity (Wildman–Crippen MR) is 117 cm³/mol. The third-order valence-corrected chi connectivity index (χ3v) is 4.14. The fraction of sp³-hybridized carbons (Fsp3) is 0.143. The van der Waals surface area contributed by atoms with Gasteiger partial charge < -0.3 is 25.8 Å². The molecule has 0 aromatic carbocycles. The van der Waals surface area contributed by atoms with Crippen molar-refractivity contribution in [1.29, 1.82) is 10.8 Å². The van der Waals surface area contributed by atoms with Crippen molar-refractivity contribution in [3.63, 3.8) is 0 Å². The van der Waals surface area contributed by atoms with Crippen LogP contribution >= 0.6 is 0 Å². The summed E-state index contributed by atoms with van der Waals surface area (Å²) in [5.74, 6) is 0.916. The van der Waals surface area contributed by atoms with Crippen molar-refractivity contribution in [3.8, 4) is 0 Å². The number of nitrogens with zero attached hydrogens (tertiary/aromatic N) is 3. The van der Waals surface area contributed by atoms with E-state index in [1.165, 1.54) is 6.21 Å². The Kier molecular flexibility index (Phi) is 6.36. The molecule has 8 heteroatoms. The molecule has 5 N–H and O–H groups in total. The van der Waals surface area contributed by atoms with Crippen LogP contribution in [0.25, 0.3) is 11.3 Å². The minimum Gasteiger partial charge on any atom is -0.394 e. The Labute approximate surface area is 169 Å². The normalized spacial score (nSPS) is 11.9. The molecule has 0 bridgehead atoms. The first-order valence-electron chi connectivity index (χ1n) is 9.13. The lowest BCUT2D eigenvalue weighted by molar-refractivity contribution is 0.985. The van der Waals surface area contributed by atoms with Crippen LogP contribution in [0, 0.1) is 17.7 Å². The van der Waals surface area contributed by atoms with Gasteiger partial charge >= 0.3 is 0 Å². The molecule has 3 aromatic rings. The van der Waals surface area contributed by atoms with Gasteiger partial charge in [0.15, 0.2) is 0 Å². The van der Waals surface area contributed by atoms with E-state index >= 15 is 0 Å². The summed E-state index contributed by atoms with van der Waals surface area (Å²) in [6.45, 7) is 2.30. The van der Waals surface area contributed by atoms with E-state index in [1.54, 1.807) is 25.5 Å². The molecule has 0 saturated heterocycles. The monoisotopic (exact) mass is 388 g/mol. The third-order valence-electron chi connectivity index (χ3n) is 4.14. The molecule has 0 amide bonds. The molecule has 0 atom stereocenters. The van der Waals surface area contributed by atoms with Crippen molar-refractivity contribution in [2.24, 2.45) is 0 Å². The zero-order valence-corrected chi connectivity index (χ0v) is 16.4. The maximum Gasteiger partial charge on any atom is 0.136 e. The first-order chi connectivity index (χ1) is 14.1. The average molecular weight is 388 g/mol. The predicted octanol–water partition coefficient (Wildman–Crippen LogP) is 2.81. The molecule has 0 aliphatic rings.